The molecule has 0 spiro atoms. The Morgan fingerprint density at radius 1 is 1.36 bits per heavy atom. The Kier molecular flexibility index (Phi) is 4.51. The molecule has 1 aliphatic heterocycles. The molecule has 1 saturated heterocycles. The van der Waals surface area contributed by atoms with Crippen LogP contribution >= 0.6 is 0 Å². The van der Waals surface area contributed by atoms with Crippen LogP contribution in [0.15, 0.2) is 24.4 Å². The number of likely N-dealkylation sites (N-methyl/N-ethyl adjacent to an activating group) is 1. The zero-order chi connectivity index (χ0) is 18.2. The molecule has 2 amide bonds. The lowest BCUT2D eigenvalue weighted by molar-refractivity contribution is -0.169. The number of amides is 2. The third-order valence-electron chi connectivity index (χ3n) is 4.63. The summed E-state index contributed by atoms with van der Waals surface area (Å²) in [5.41, 5.74) is 1.57. The van der Waals surface area contributed by atoms with E-state index >= 15 is 0 Å². The number of carbonyl (C=O) groups is 2. The van der Waals surface area contributed by atoms with Crippen molar-refractivity contribution in [2.75, 3.05) is 33.8 Å². The molecule has 0 aromatic carbocycles. The van der Waals surface area contributed by atoms with Crippen molar-refractivity contribution in [3.8, 4) is 0 Å². The van der Waals surface area contributed by atoms with E-state index in [1.165, 1.54) is 4.90 Å². The third kappa shape index (κ3) is 3.24. The molecule has 134 valence electrons. The van der Waals surface area contributed by atoms with Crippen LogP contribution in [0.1, 0.15) is 18.3 Å². The van der Waals surface area contributed by atoms with Crippen molar-refractivity contribution in [3.05, 3.63) is 35.8 Å². The predicted molar refractivity (Wildman–Crippen MR) is 93.3 cm³/mol. The fraction of sp³-hybridized carbons (Fsp3) is 0.500. The van der Waals surface area contributed by atoms with E-state index in [1.807, 2.05) is 35.7 Å². The second-order valence-electron chi connectivity index (χ2n) is 6.84. The summed E-state index contributed by atoms with van der Waals surface area (Å²) in [7, 11) is 3.39. The number of hydrogen-bond donors (Lipinski definition) is 0. The smallest absolute Gasteiger partial charge is 0.255 e. The van der Waals surface area contributed by atoms with E-state index in [-0.39, 0.29) is 24.8 Å². The van der Waals surface area contributed by atoms with Gasteiger partial charge in [-0.1, -0.05) is 6.07 Å². The standard InChI is InChI=1S/C18H24N4O3/c1-13-14(22-8-6-5-7-15(22)19-13)11-16(23)21-9-10-25-18(2,12-21)17(24)20(3)4/h5-8H,9-12H2,1-4H3/t18-/m1/s1. The molecule has 0 aliphatic carbocycles. The van der Waals surface area contributed by atoms with Crippen LogP contribution in [0.25, 0.3) is 5.65 Å². The number of ether oxygens (including phenoxy) is 1. The van der Waals surface area contributed by atoms with Crippen molar-refractivity contribution in [2.24, 2.45) is 0 Å². The van der Waals surface area contributed by atoms with Gasteiger partial charge in [0.15, 0.2) is 5.60 Å². The number of fused-ring (bicyclic) bond motifs is 1. The number of carbonyl (C=O) groups excluding carboxylic acids is 2. The van der Waals surface area contributed by atoms with Gasteiger partial charge in [0.25, 0.3) is 5.91 Å². The van der Waals surface area contributed by atoms with Gasteiger partial charge in [-0.3, -0.25) is 9.59 Å². The molecule has 0 unspecified atom stereocenters. The van der Waals surface area contributed by atoms with Crippen LogP contribution in [0.2, 0.25) is 0 Å². The largest absolute Gasteiger partial charge is 0.362 e. The summed E-state index contributed by atoms with van der Waals surface area (Å²) in [6.45, 7) is 4.76. The first-order valence-corrected chi connectivity index (χ1v) is 8.38. The first kappa shape index (κ1) is 17.4. The van der Waals surface area contributed by atoms with Gasteiger partial charge in [0, 0.05) is 26.8 Å². The second-order valence-corrected chi connectivity index (χ2v) is 6.84. The average Bonchev–Trinajstić information content (AvgIpc) is 2.90. The molecule has 3 heterocycles. The van der Waals surface area contributed by atoms with E-state index in [0.29, 0.717) is 13.2 Å². The molecule has 25 heavy (non-hydrogen) atoms. The molecular formula is C18H24N4O3. The molecule has 0 saturated carbocycles. The summed E-state index contributed by atoms with van der Waals surface area (Å²) in [6.07, 6.45) is 2.17. The van der Waals surface area contributed by atoms with Gasteiger partial charge >= 0.3 is 0 Å². The van der Waals surface area contributed by atoms with Crippen molar-refractivity contribution >= 4 is 17.5 Å². The van der Waals surface area contributed by atoms with Gasteiger partial charge in [-0.2, -0.15) is 0 Å². The van der Waals surface area contributed by atoms with E-state index in [9.17, 15) is 9.59 Å². The van der Waals surface area contributed by atoms with Crippen molar-refractivity contribution in [3.63, 3.8) is 0 Å². The van der Waals surface area contributed by atoms with Gasteiger partial charge in [0.2, 0.25) is 5.91 Å². The zero-order valence-electron chi connectivity index (χ0n) is 15.2. The molecule has 0 N–H and O–H groups in total. The molecule has 0 radical (unpaired) electrons. The van der Waals surface area contributed by atoms with Gasteiger partial charge in [0.1, 0.15) is 5.65 Å². The van der Waals surface area contributed by atoms with Gasteiger partial charge < -0.3 is 18.9 Å². The topological polar surface area (TPSA) is 67.2 Å². The predicted octanol–water partition coefficient (Wildman–Crippen LogP) is 0.891. The maximum atomic E-state index is 12.8. The first-order chi connectivity index (χ1) is 11.8. The first-order valence-electron chi connectivity index (χ1n) is 8.38. The number of imidazole rings is 1. The van der Waals surface area contributed by atoms with Gasteiger partial charge in [-0.05, 0) is 26.0 Å². The quantitative estimate of drug-likeness (QED) is 0.829. The number of morpholine rings is 1. The molecule has 2 aromatic heterocycles. The number of aromatic nitrogens is 2. The number of hydrogen-bond acceptors (Lipinski definition) is 4. The van der Waals surface area contributed by atoms with Crippen LogP contribution in [0.4, 0.5) is 0 Å². The van der Waals surface area contributed by atoms with E-state index in [4.69, 9.17) is 4.74 Å². The van der Waals surface area contributed by atoms with Crippen LogP contribution < -0.4 is 0 Å². The molecule has 7 nitrogen and oxygen atoms in total. The summed E-state index contributed by atoms with van der Waals surface area (Å²) in [6, 6.07) is 5.76. The fourth-order valence-electron chi connectivity index (χ4n) is 3.32. The summed E-state index contributed by atoms with van der Waals surface area (Å²) in [5.74, 6) is -0.147. The maximum Gasteiger partial charge on any atom is 0.255 e. The normalized spacial score (nSPS) is 20.7. The highest BCUT2D eigenvalue weighted by atomic mass is 16.5. The van der Waals surface area contributed by atoms with E-state index in [0.717, 1.165) is 17.0 Å². The van der Waals surface area contributed by atoms with E-state index < -0.39 is 5.60 Å². The summed E-state index contributed by atoms with van der Waals surface area (Å²) >= 11 is 0. The van der Waals surface area contributed by atoms with Gasteiger partial charge in [-0.25, -0.2) is 4.98 Å². The highest BCUT2D eigenvalue weighted by Crippen LogP contribution is 2.21. The second kappa shape index (κ2) is 6.48. The molecule has 1 aliphatic rings. The van der Waals surface area contributed by atoms with Crippen LogP contribution in [-0.4, -0.2) is 70.4 Å². The Bertz CT molecular complexity index is 814. The SMILES string of the molecule is Cc1nc2ccccn2c1CC(=O)N1CCO[C@@](C)(C(=O)N(C)C)C1. The van der Waals surface area contributed by atoms with E-state index in [1.54, 1.807) is 25.9 Å². The lowest BCUT2D eigenvalue weighted by atomic mass is 10.0. The number of aryl methyl sites for hydroxylation is 1. The van der Waals surface area contributed by atoms with E-state index in [2.05, 4.69) is 4.98 Å². The minimum absolute atomic E-state index is 0.0187. The number of pyridine rings is 1. The number of rotatable bonds is 3. The molecule has 7 heteroatoms. The summed E-state index contributed by atoms with van der Waals surface area (Å²) in [4.78, 5) is 32.9. The average molecular weight is 344 g/mol. The zero-order valence-corrected chi connectivity index (χ0v) is 15.2. The van der Waals surface area contributed by atoms with Crippen LogP contribution in [-0.2, 0) is 20.7 Å². The van der Waals surface area contributed by atoms with Crippen LogP contribution in [0.3, 0.4) is 0 Å². The Balaban J connectivity index is 1.79. The summed E-state index contributed by atoms with van der Waals surface area (Å²) in [5, 5.41) is 0. The lowest BCUT2D eigenvalue weighted by Gasteiger charge is -2.40. The van der Waals surface area contributed by atoms with Gasteiger partial charge in [-0.15, -0.1) is 0 Å². The molecule has 1 fully saturated rings. The Morgan fingerprint density at radius 3 is 2.84 bits per heavy atom. The molecule has 0 bridgehead atoms. The fourth-order valence-corrected chi connectivity index (χ4v) is 3.32. The molecule has 2 aromatic rings. The third-order valence-corrected chi connectivity index (χ3v) is 4.63. The Morgan fingerprint density at radius 2 is 2.12 bits per heavy atom. The minimum atomic E-state index is -0.994. The maximum absolute atomic E-state index is 12.8. The van der Waals surface area contributed by atoms with Crippen molar-refractivity contribution in [2.45, 2.75) is 25.9 Å². The van der Waals surface area contributed by atoms with Crippen molar-refractivity contribution in [1.82, 2.24) is 19.2 Å². The minimum Gasteiger partial charge on any atom is -0.362 e. The van der Waals surface area contributed by atoms with Gasteiger partial charge in [0.05, 0.1) is 31.0 Å². The van der Waals surface area contributed by atoms with Crippen molar-refractivity contribution in [1.29, 1.82) is 0 Å². The molecule has 3 rings (SSSR count). The lowest BCUT2D eigenvalue weighted by Crippen LogP contribution is -2.59. The molecule has 1 atom stereocenters. The number of nitrogens with zero attached hydrogens (tertiary/aromatic N) is 4. The highest BCUT2D eigenvalue weighted by molar-refractivity contribution is 5.86. The van der Waals surface area contributed by atoms with Crippen molar-refractivity contribution < 1.29 is 14.3 Å². The van der Waals surface area contributed by atoms with Crippen LogP contribution in [0, 0.1) is 6.92 Å². The Hall–Kier alpha value is -2.41. The Labute approximate surface area is 147 Å². The van der Waals surface area contributed by atoms with Crippen LogP contribution in [0.5, 0.6) is 0 Å². The summed E-state index contributed by atoms with van der Waals surface area (Å²) < 4.78 is 7.64. The monoisotopic (exact) mass is 344 g/mol. The highest BCUT2D eigenvalue weighted by Gasteiger charge is 2.41. The molecular weight excluding hydrogens is 320 g/mol.